The van der Waals surface area contributed by atoms with Crippen molar-refractivity contribution in [3.63, 3.8) is 0 Å². The molecule has 1 heterocycles. The second kappa shape index (κ2) is 8.91. The van der Waals surface area contributed by atoms with Crippen LogP contribution >= 0.6 is 11.6 Å². The Morgan fingerprint density at radius 1 is 1.11 bits per heavy atom. The highest BCUT2D eigenvalue weighted by Gasteiger charge is 2.25. The highest BCUT2D eigenvalue weighted by molar-refractivity contribution is 6.33. The number of nitrogens with one attached hydrogen (secondary N) is 1. The van der Waals surface area contributed by atoms with Crippen molar-refractivity contribution in [2.45, 2.75) is 25.8 Å². The Morgan fingerprint density at radius 2 is 1.78 bits per heavy atom. The zero-order chi connectivity index (χ0) is 19.2. The van der Waals surface area contributed by atoms with E-state index in [0.717, 1.165) is 18.6 Å². The fourth-order valence-corrected chi connectivity index (χ4v) is 3.40. The summed E-state index contributed by atoms with van der Waals surface area (Å²) in [4.78, 5) is 26.8. The Balaban J connectivity index is 1.53. The summed E-state index contributed by atoms with van der Waals surface area (Å²) >= 11 is 6.08. The molecule has 0 aromatic heterocycles. The monoisotopic (exact) mass is 386 g/mol. The standard InChI is InChI=1S/C21H23ClN2O3/c1-2-27-17-9-7-15(8-10-17)21(26)24-13-11-16(12-14-24)23-20(25)18-5-3-4-6-19(18)22/h3-10,16H,2,11-14H2,1H3,(H,23,25). The predicted molar refractivity (Wildman–Crippen MR) is 105 cm³/mol. The molecule has 0 aliphatic carbocycles. The summed E-state index contributed by atoms with van der Waals surface area (Å²) in [6, 6.07) is 14.2. The molecule has 0 bridgehead atoms. The van der Waals surface area contributed by atoms with Crippen LogP contribution in [0.15, 0.2) is 48.5 Å². The first-order valence-electron chi connectivity index (χ1n) is 9.16. The molecule has 0 saturated carbocycles. The van der Waals surface area contributed by atoms with E-state index in [2.05, 4.69) is 5.32 Å². The SMILES string of the molecule is CCOc1ccc(C(=O)N2CCC(NC(=O)c3ccccc3Cl)CC2)cc1. The quantitative estimate of drug-likeness (QED) is 0.850. The molecule has 1 N–H and O–H groups in total. The summed E-state index contributed by atoms with van der Waals surface area (Å²) in [6.07, 6.45) is 1.44. The van der Waals surface area contributed by atoms with Gasteiger partial charge in [-0.2, -0.15) is 0 Å². The number of likely N-dealkylation sites (tertiary alicyclic amines) is 1. The number of amides is 2. The number of nitrogens with zero attached hydrogens (tertiary/aromatic N) is 1. The lowest BCUT2D eigenvalue weighted by Gasteiger charge is -2.32. The van der Waals surface area contributed by atoms with E-state index < -0.39 is 0 Å². The van der Waals surface area contributed by atoms with E-state index in [1.54, 1.807) is 36.4 Å². The van der Waals surface area contributed by atoms with E-state index in [0.29, 0.717) is 35.8 Å². The molecule has 0 atom stereocenters. The van der Waals surface area contributed by atoms with E-state index in [-0.39, 0.29) is 17.9 Å². The molecule has 2 aromatic carbocycles. The van der Waals surface area contributed by atoms with E-state index in [1.165, 1.54) is 0 Å². The average molecular weight is 387 g/mol. The third-order valence-corrected chi connectivity index (χ3v) is 4.98. The Labute approximate surface area is 164 Å². The van der Waals surface area contributed by atoms with Gasteiger partial charge in [-0.25, -0.2) is 0 Å². The first-order chi connectivity index (χ1) is 13.1. The lowest BCUT2D eigenvalue weighted by molar-refractivity contribution is 0.0698. The molecule has 1 aliphatic heterocycles. The predicted octanol–water partition coefficient (Wildman–Crippen LogP) is 3.77. The lowest BCUT2D eigenvalue weighted by atomic mass is 10.0. The van der Waals surface area contributed by atoms with Crippen LogP contribution in [0, 0.1) is 0 Å². The van der Waals surface area contributed by atoms with E-state index in [1.807, 2.05) is 24.0 Å². The summed E-state index contributed by atoms with van der Waals surface area (Å²) in [5.74, 6) is 0.598. The van der Waals surface area contributed by atoms with Crippen LogP contribution < -0.4 is 10.1 Å². The zero-order valence-electron chi connectivity index (χ0n) is 15.3. The smallest absolute Gasteiger partial charge is 0.253 e. The summed E-state index contributed by atoms with van der Waals surface area (Å²) in [6.45, 7) is 3.74. The number of benzene rings is 2. The number of rotatable bonds is 5. The van der Waals surface area contributed by atoms with Gasteiger partial charge in [-0.05, 0) is 56.2 Å². The van der Waals surface area contributed by atoms with Gasteiger partial charge in [-0.15, -0.1) is 0 Å². The third-order valence-electron chi connectivity index (χ3n) is 4.65. The van der Waals surface area contributed by atoms with Crippen LogP contribution in [0.2, 0.25) is 5.02 Å². The van der Waals surface area contributed by atoms with Gasteiger partial charge in [-0.1, -0.05) is 23.7 Å². The Morgan fingerprint density at radius 3 is 2.41 bits per heavy atom. The topological polar surface area (TPSA) is 58.6 Å². The zero-order valence-corrected chi connectivity index (χ0v) is 16.0. The van der Waals surface area contributed by atoms with Gasteiger partial charge < -0.3 is 15.0 Å². The van der Waals surface area contributed by atoms with Gasteiger partial charge in [0.15, 0.2) is 0 Å². The highest BCUT2D eigenvalue weighted by Crippen LogP contribution is 2.19. The molecule has 1 aliphatic rings. The molecule has 27 heavy (non-hydrogen) atoms. The number of piperidine rings is 1. The molecule has 0 spiro atoms. The molecule has 2 aromatic rings. The second-order valence-corrected chi connectivity index (χ2v) is 6.88. The van der Waals surface area contributed by atoms with Gasteiger partial charge >= 0.3 is 0 Å². The molecule has 3 rings (SSSR count). The van der Waals surface area contributed by atoms with Crippen LogP contribution in [0.25, 0.3) is 0 Å². The van der Waals surface area contributed by atoms with Gasteiger partial charge in [-0.3, -0.25) is 9.59 Å². The van der Waals surface area contributed by atoms with Crippen LogP contribution in [-0.4, -0.2) is 42.5 Å². The maximum absolute atomic E-state index is 12.6. The summed E-state index contributed by atoms with van der Waals surface area (Å²) in [7, 11) is 0. The fourth-order valence-electron chi connectivity index (χ4n) is 3.18. The van der Waals surface area contributed by atoms with Crippen molar-refractivity contribution < 1.29 is 14.3 Å². The molecule has 1 saturated heterocycles. The van der Waals surface area contributed by atoms with Crippen molar-refractivity contribution in [1.29, 1.82) is 0 Å². The van der Waals surface area contributed by atoms with E-state index >= 15 is 0 Å². The first kappa shape index (κ1) is 19.2. The summed E-state index contributed by atoms with van der Waals surface area (Å²) in [5.41, 5.74) is 1.13. The van der Waals surface area contributed by atoms with Gasteiger partial charge in [0, 0.05) is 24.7 Å². The molecular weight excluding hydrogens is 364 g/mol. The number of hydrogen-bond donors (Lipinski definition) is 1. The Kier molecular flexibility index (Phi) is 6.35. The Hall–Kier alpha value is -2.53. The van der Waals surface area contributed by atoms with Crippen LogP contribution in [-0.2, 0) is 0 Å². The fraction of sp³-hybridized carbons (Fsp3) is 0.333. The molecular formula is C21H23ClN2O3. The first-order valence-corrected chi connectivity index (χ1v) is 9.54. The maximum atomic E-state index is 12.6. The van der Waals surface area contributed by atoms with E-state index in [9.17, 15) is 9.59 Å². The van der Waals surface area contributed by atoms with Crippen LogP contribution in [0.1, 0.15) is 40.5 Å². The van der Waals surface area contributed by atoms with Crippen LogP contribution in [0.3, 0.4) is 0 Å². The molecule has 1 fully saturated rings. The maximum Gasteiger partial charge on any atom is 0.253 e. The third kappa shape index (κ3) is 4.80. The minimum Gasteiger partial charge on any atom is -0.494 e. The van der Waals surface area contributed by atoms with Gasteiger partial charge in [0.2, 0.25) is 0 Å². The Bertz CT molecular complexity index is 799. The number of halogens is 1. The van der Waals surface area contributed by atoms with Crippen molar-refractivity contribution in [3.8, 4) is 5.75 Å². The molecule has 2 amide bonds. The van der Waals surface area contributed by atoms with Crippen molar-refractivity contribution in [3.05, 3.63) is 64.7 Å². The molecule has 0 radical (unpaired) electrons. The number of carbonyl (C=O) groups excluding carboxylic acids is 2. The largest absolute Gasteiger partial charge is 0.494 e. The number of carbonyl (C=O) groups is 2. The molecule has 6 heteroatoms. The van der Waals surface area contributed by atoms with Gasteiger partial charge in [0.1, 0.15) is 5.75 Å². The highest BCUT2D eigenvalue weighted by atomic mass is 35.5. The molecule has 0 unspecified atom stereocenters. The van der Waals surface area contributed by atoms with Gasteiger partial charge in [0.05, 0.1) is 17.2 Å². The molecule has 5 nitrogen and oxygen atoms in total. The van der Waals surface area contributed by atoms with Crippen LogP contribution in [0.4, 0.5) is 0 Å². The number of hydrogen-bond acceptors (Lipinski definition) is 3. The molecule has 142 valence electrons. The van der Waals surface area contributed by atoms with Crippen molar-refractivity contribution >= 4 is 23.4 Å². The second-order valence-electron chi connectivity index (χ2n) is 6.48. The van der Waals surface area contributed by atoms with Crippen molar-refractivity contribution in [2.24, 2.45) is 0 Å². The van der Waals surface area contributed by atoms with E-state index in [4.69, 9.17) is 16.3 Å². The van der Waals surface area contributed by atoms with Crippen molar-refractivity contribution in [1.82, 2.24) is 10.2 Å². The van der Waals surface area contributed by atoms with Gasteiger partial charge in [0.25, 0.3) is 11.8 Å². The van der Waals surface area contributed by atoms with Crippen molar-refractivity contribution in [2.75, 3.05) is 19.7 Å². The van der Waals surface area contributed by atoms with Crippen LogP contribution in [0.5, 0.6) is 5.75 Å². The minimum absolute atomic E-state index is 0.00827. The summed E-state index contributed by atoms with van der Waals surface area (Å²) < 4.78 is 5.41. The minimum atomic E-state index is -0.170. The lowest BCUT2D eigenvalue weighted by Crippen LogP contribution is -2.46. The number of ether oxygens (including phenoxy) is 1. The average Bonchev–Trinajstić information content (AvgIpc) is 2.69. The normalized spacial score (nSPS) is 14.7. The summed E-state index contributed by atoms with van der Waals surface area (Å²) in [5, 5.41) is 3.46.